The van der Waals surface area contributed by atoms with E-state index in [9.17, 15) is 14.3 Å². The summed E-state index contributed by atoms with van der Waals surface area (Å²) in [5.74, 6) is 0.316. The van der Waals surface area contributed by atoms with Gasteiger partial charge in [-0.25, -0.2) is 4.98 Å². The molecule has 0 fully saturated rings. The summed E-state index contributed by atoms with van der Waals surface area (Å²) >= 11 is 0. The van der Waals surface area contributed by atoms with E-state index in [4.69, 9.17) is 4.74 Å². The van der Waals surface area contributed by atoms with Crippen LogP contribution in [0.5, 0.6) is 5.88 Å². The van der Waals surface area contributed by atoms with Gasteiger partial charge in [-0.2, -0.15) is 4.98 Å². The maximum Gasteiger partial charge on any atom is 0.372 e. The number of nitro groups is 1. The fourth-order valence-electron chi connectivity index (χ4n) is 1.41. The van der Waals surface area contributed by atoms with Crippen LogP contribution in [0.4, 0.5) is 11.5 Å². The van der Waals surface area contributed by atoms with Crippen LogP contribution in [0.3, 0.4) is 0 Å². The molecule has 0 bridgehead atoms. The maximum atomic E-state index is 11.1. The lowest BCUT2D eigenvalue weighted by molar-refractivity contribution is -0.385. The molecule has 0 saturated carbocycles. The molecular weight excluding hydrogens is 260 g/mol. The first kappa shape index (κ1) is 14.3. The van der Waals surface area contributed by atoms with Crippen molar-refractivity contribution < 1.29 is 13.9 Å². The van der Waals surface area contributed by atoms with E-state index in [-0.39, 0.29) is 23.4 Å². The molecule has 9 heteroatoms. The Hall–Kier alpha value is -1.77. The monoisotopic (exact) mass is 274 g/mol. The molecule has 0 spiro atoms. The molecule has 0 radical (unpaired) electrons. The van der Waals surface area contributed by atoms with E-state index in [2.05, 4.69) is 15.3 Å². The molecule has 0 amide bonds. The molecule has 8 nitrogen and oxygen atoms in total. The van der Waals surface area contributed by atoms with E-state index in [0.29, 0.717) is 5.75 Å². The number of rotatable bonds is 6. The highest BCUT2D eigenvalue weighted by atomic mass is 32.2. The lowest BCUT2D eigenvalue weighted by Gasteiger charge is -2.13. The van der Waals surface area contributed by atoms with Crippen molar-refractivity contribution in [2.24, 2.45) is 0 Å². The molecule has 0 aliphatic carbocycles. The Morgan fingerprint density at radius 1 is 1.61 bits per heavy atom. The number of nitrogens with one attached hydrogen (secondary N) is 1. The largest absolute Gasteiger partial charge is 0.476 e. The second kappa shape index (κ2) is 6.24. The average Bonchev–Trinajstić information content (AvgIpc) is 2.26. The topological polar surface area (TPSA) is 107 Å². The van der Waals surface area contributed by atoms with Crippen molar-refractivity contribution in [2.75, 3.05) is 24.4 Å². The molecule has 0 aliphatic rings. The van der Waals surface area contributed by atoms with Gasteiger partial charge in [-0.15, -0.1) is 0 Å². The summed E-state index contributed by atoms with van der Waals surface area (Å²) in [7, 11) is 0.295. The molecule has 18 heavy (non-hydrogen) atoms. The number of nitrogens with zero attached hydrogens (tertiary/aromatic N) is 3. The van der Waals surface area contributed by atoms with Gasteiger partial charge in [0.15, 0.2) is 0 Å². The number of hydrogen-bond acceptors (Lipinski definition) is 7. The molecule has 100 valence electrons. The van der Waals surface area contributed by atoms with Gasteiger partial charge in [-0.05, 0) is 6.92 Å². The first-order valence-corrected chi connectivity index (χ1v) is 6.78. The fraction of sp³-hybridized carbons (Fsp3) is 0.556. The van der Waals surface area contributed by atoms with Gasteiger partial charge in [-0.3, -0.25) is 14.3 Å². The van der Waals surface area contributed by atoms with Crippen LogP contribution in [0.1, 0.15) is 6.92 Å². The van der Waals surface area contributed by atoms with E-state index >= 15 is 0 Å². The highest BCUT2D eigenvalue weighted by Gasteiger charge is 2.24. The van der Waals surface area contributed by atoms with Crippen LogP contribution >= 0.6 is 0 Å². The van der Waals surface area contributed by atoms with E-state index < -0.39 is 15.7 Å². The Morgan fingerprint density at radius 2 is 2.28 bits per heavy atom. The SMILES string of the molecule is COc1ncnc(NC(C)CS(C)=O)c1[N+](=O)[O-]. The van der Waals surface area contributed by atoms with Crippen LogP contribution < -0.4 is 10.1 Å². The van der Waals surface area contributed by atoms with Crippen LogP contribution in [0.25, 0.3) is 0 Å². The number of hydrogen-bond donors (Lipinski definition) is 1. The predicted molar refractivity (Wildman–Crippen MR) is 67.3 cm³/mol. The fourth-order valence-corrected chi connectivity index (χ4v) is 2.20. The van der Waals surface area contributed by atoms with Crippen molar-refractivity contribution in [3.63, 3.8) is 0 Å². The quantitative estimate of drug-likeness (QED) is 0.597. The van der Waals surface area contributed by atoms with Gasteiger partial charge in [-0.1, -0.05) is 0 Å². The van der Waals surface area contributed by atoms with Crippen LogP contribution in [0, 0.1) is 10.1 Å². The molecule has 1 rings (SSSR count). The van der Waals surface area contributed by atoms with Crippen LogP contribution in [0.2, 0.25) is 0 Å². The third-order valence-electron chi connectivity index (χ3n) is 2.03. The van der Waals surface area contributed by atoms with Crippen LogP contribution in [-0.2, 0) is 10.8 Å². The zero-order valence-electron chi connectivity index (χ0n) is 10.2. The number of methoxy groups -OCH3 is 1. The van der Waals surface area contributed by atoms with Crippen molar-refractivity contribution in [3.05, 3.63) is 16.4 Å². The van der Waals surface area contributed by atoms with Gasteiger partial charge in [0.1, 0.15) is 6.33 Å². The second-order valence-electron chi connectivity index (χ2n) is 3.62. The number of anilines is 1. The summed E-state index contributed by atoms with van der Waals surface area (Å²) in [6.45, 7) is 1.76. The van der Waals surface area contributed by atoms with E-state index in [0.717, 1.165) is 0 Å². The minimum absolute atomic E-state index is 0.0600. The summed E-state index contributed by atoms with van der Waals surface area (Å²) in [6, 6.07) is -0.214. The molecule has 2 atom stereocenters. The Kier molecular flexibility index (Phi) is 4.95. The Balaban J connectivity index is 3.01. The van der Waals surface area contributed by atoms with E-state index in [1.165, 1.54) is 13.4 Å². The summed E-state index contributed by atoms with van der Waals surface area (Å²) in [4.78, 5) is 17.8. The van der Waals surface area contributed by atoms with Gasteiger partial charge in [0, 0.05) is 28.9 Å². The first-order valence-electron chi connectivity index (χ1n) is 5.05. The minimum Gasteiger partial charge on any atom is -0.476 e. The van der Waals surface area contributed by atoms with Crippen LogP contribution in [0.15, 0.2) is 6.33 Å². The lowest BCUT2D eigenvalue weighted by Crippen LogP contribution is -2.23. The standard InChI is InChI=1S/C9H14N4O4S/c1-6(4-18(3)16)12-8-7(13(14)15)9(17-2)11-5-10-8/h5-6H,4H2,1-3H3,(H,10,11,12). The molecular formula is C9H14N4O4S. The average molecular weight is 274 g/mol. The third-order valence-corrected chi connectivity index (χ3v) is 3.00. The van der Waals surface area contributed by atoms with Crippen molar-refractivity contribution >= 4 is 22.3 Å². The van der Waals surface area contributed by atoms with Crippen LogP contribution in [-0.4, -0.2) is 44.3 Å². The second-order valence-corrected chi connectivity index (χ2v) is 5.10. The molecule has 1 aromatic rings. The Morgan fingerprint density at radius 3 is 2.78 bits per heavy atom. The number of aromatic nitrogens is 2. The highest BCUT2D eigenvalue weighted by molar-refractivity contribution is 7.84. The van der Waals surface area contributed by atoms with Gasteiger partial charge in [0.05, 0.1) is 12.0 Å². The summed E-state index contributed by atoms with van der Waals surface area (Å²) in [6.07, 6.45) is 2.73. The van der Waals surface area contributed by atoms with Gasteiger partial charge in [0.2, 0.25) is 5.82 Å². The first-order chi connectivity index (χ1) is 8.45. The van der Waals surface area contributed by atoms with E-state index in [1.54, 1.807) is 13.2 Å². The lowest BCUT2D eigenvalue weighted by atomic mass is 10.3. The zero-order valence-corrected chi connectivity index (χ0v) is 11.1. The third kappa shape index (κ3) is 3.62. The summed E-state index contributed by atoms with van der Waals surface area (Å²) < 4.78 is 15.9. The molecule has 0 aliphatic heterocycles. The zero-order chi connectivity index (χ0) is 13.7. The van der Waals surface area contributed by atoms with Gasteiger partial charge >= 0.3 is 5.69 Å². The molecule has 0 saturated heterocycles. The van der Waals surface area contributed by atoms with Crippen molar-refractivity contribution in [3.8, 4) is 5.88 Å². The normalized spacial score (nSPS) is 13.7. The molecule has 1 N–H and O–H groups in total. The Bertz CT molecular complexity index is 468. The molecule has 1 aromatic heterocycles. The van der Waals surface area contributed by atoms with Crippen molar-refractivity contribution in [1.29, 1.82) is 0 Å². The number of ether oxygens (including phenoxy) is 1. The van der Waals surface area contributed by atoms with Crippen molar-refractivity contribution in [2.45, 2.75) is 13.0 Å². The summed E-state index contributed by atoms with van der Waals surface area (Å²) in [5.41, 5.74) is -0.325. The van der Waals surface area contributed by atoms with Gasteiger partial charge in [0.25, 0.3) is 5.88 Å². The van der Waals surface area contributed by atoms with E-state index in [1.807, 2.05) is 0 Å². The smallest absolute Gasteiger partial charge is 0.372 e. The summed E-state index contributed by atoms with van der Waals surface area (Å²) in [5, 5.41) is 13.8. The minimum atomic E-state index is -1.00. The molecule has 1 heterocycles. The predicted octanol–water partition coefficient (Wildman–Crippen LogP) is 0.572. The molecule has 0 aromatic carbocycles. The highest BCUT2D eigenvalue weighted by Crippen LogP contribution is 2.30. The van der Waals surface area contributed by atoms with Crippen molar-refractivity contribution in [1.82, 2.24) is 9.97 Å². The molecule has 2 unspecified atom stereocenters. The maximum absolute atomic E-state index is 11.1. The Labute approximate surface area is 106 Å². The van der Waals surface area contributed by atoms with Gasteiger partial charge < -0.3 is 10.1 Å².